The Hall–Kier alpha value is -3.98. The van der Waals surface area contributed by atoms with Crippen LogP contribution in [0.15, 0.2) is 60.9 Å². The Kier molecular flexibility index (Phi) is 10.4. The van der Waals surface area contributed by atoms with E-state index in [1.807, 2.05) is 36.4 Å². The number of carbonyl (C=O) groups excluding carboxylic acids is 2. The zero-order valence-corrected chi connectivity index (χ0v) is 23.7. The molecule has 2 aromatic carbocycles. The fourth-order valence-corrected chi connectivity index (χ4v) is 3.79. The predicted molar refractivity (Wildman–Crippen MR) is 153 cm³/mol. The van der Waals surface area contributed by atoms with E-state index in [0.717, 1.165) is 35.7 Å². The molecule has 9 heteroatoms. The van der Waals surface area contributed by atoms with Gasteiger partial charge in [0.15, 0.2) is 0 Å². The summed E-state index contributed by atoms with van der Waals surface area (Å²) in [5, 5.41) is 5.77. The third kappa shape index (κ3) is 10.4. The van der Waals surface area contributed by atoms with Crippen molar-refractivity contribution in [2.24, 2.45) is 5.92 Å². The summed E-state index contributed by atoms with van der Waals surface area (Å²) in [4.78, 5) is 35.3. The average Bonchev–Trinajstić information content (AvgIpc) is 2.87. The molecule has 2 N–H and O–H groups in total. The first-order chi connectivity index (χ1) is 18.5. The standard InChI is InChI=1S/C30H39N5O4/c1-21(2)20-35(6)15-16-38-26-13-11-25(12-14-26)34-29-32-17-24(18-33-29)22-7-9-23(10-8-22)28(37)31-19-27(36)39-30(3,4)5/h7-14,17-18,21H,15-16,19-20H2,1-6H3,(H,31,37)(H,32,33,34). The number of aromatic nitrogens is 2. The van der Waals surface area contributed by atoms with E-state index in [1.165, 1.54) is 0 Å². The fraction of sp³-hybridized carbons (Fsp3) is 0.400. The molecular weight excluding hydrogens is 494 g/mol. The van der Waals surface area contributed by atoms with Gasteiger partial charge in [-0.2, -0.15) is 0 Å². The number of hydrogen-bond acceptors (Lipinski definition) is 8. The van der Waals surface area contributed by atoms with Crippen LogP contribution in [0.3, 0.4) is 0 Å². The molecule has 3 aromatic rings. The van der Waals surface area contributed by atoms with Gasteiger partial charge in [0.05, 0.1) is 0 Å². The monoisotopic (exact) mass is 533 g/mol. The summed E-state index contributed by atoms with van der Waals surface area (Å²) in [7, 11) is 2.10. The number of rotatable bonds is 12. The summed E-state index contributed by atoms with van der Waals surface area (Å²) >= 11 is 0. The molecular formula is C30H39N5O4. The molecule has 0 radical (unpaired) electrons. The van der Waals surface area contributed by atoms with Crippen LogP contribution in [0.25, 0.3) is 11.1 Å². The second-order valence-corrected chi connectivity index (χ2v) is 10.8. The molecule has 9 nitrogen and oxygen atoms in total. The van der Waals surface area contributed by atoms with Gasteiger partial charge in [0.2, 0.25) is 5.95 Å². The largest absolute Gasteiger partial charge is 0.492 e. The van der Waals surface area contributed by atoms with Gasteiger partial charge in [-0.15, -0.1) is 0 Å². The fourth-order valence-electron chi connectivity index (χ4n) is 3.79. The SMILES string of the molecule is CC(C)CN(C)CCOc1ccc(Nc2ncc(-c3ccc(C(=O)NCC(=O)OC(C)(C)C)cc3)cn2)cc1. The van der Waals surface area contributed by atoms with Gasteiger partial charge in [0, 0.05) is 42.3 Å². The number of nitrogens with zero attached hydrogens (tertiary/aromatic N) is 3. The number of esters is 1. The molecule has 1 amide bonds. The summed E-state index contributed by atoms with van der Waals surface area (Å²) in [6, 6.07) is 14.7. The van der Waals surface area contributed by atoms with Gasteiger partial charge in [0.1, 0.15) is 24.5 Å². The van der Waals surface area contributed by atoms with Crippen LogP contribution >= 0.6 is 0 Å². The summed E-state index contributed by atoms with van der Waals surface area (Å²) in [5.74, 6) is 1.09. The number of nitrogens with one attached hydrogen (secondary N) is 2. The first-order valence-corrected chi connectivity index (χ1v) is 13.1. The maximum atomic E-state index is 12.4. The van der Waals surface area contributed by atoms with E-state index >= 15 is 0 Å². The summed E-state index contributed by atoms with van der Waals surface area (Å²) < 4.78 is 11.1. The Morgan fingerprint density at radius 3 is 2.18 bits per heavy atom. The number of anilines is 2. The minimum absolute atomic E-state index is 0.189. The smallest absolute Gasteiger partial charge is 0.325 e. The third-order valence-electron chi connectivity index (χ3n) is 5.47. The van der Waals surface area contributed by atoms with Crippen molar-refractivity contribution >= 4 is 23.5 Å². The Morgan fingerprint density at radius 1 is 0.949 bits per heavy atom. The van der Waals surface area contributed by atoms with Gasteiger partial charge < -0.3 is 25.0 Å². The Bertz CT molecular complexity index is 1200. The van der Waals surface area contributed by atoms with Crippen LogP contribution < -0.4 is 15.4 Å². The molecule has 1 heterocycles. The Labute approximate surface area is 231 Å². The minimum atomic E-state index is -0.597. The molecule has 0 fully saturated rings. The molecule has 3 rings (SSSR count). The van der Waals surface area contributed by atoms with Crippen LogP contribution in [0.1, 0.15) is 45.0 Å². The van der Waals surface area contributed by atoms with Gasteiger partial charge in [-0.1, -0.05) is 26.0 Å². The molecule has 0 spiro atoms. The molecule has 208 valence electrons. The van der Waals surface area contributed by atoms with E-state index in [2.05, 4.69) is 46.4 Å². The summed E-state index contributed by atoms with van der Waals surface area (Å²) in [6.07, 6.45) is 3.44. The zero-order chi connectivity index (χ0) is 28.4. The van der Waals surface area contributed by atoms with Gasteiger partial charge in [0.25, 0.3) is 5.91 Å². The van der Waals surface area contributed by atoms with Gasteiger partial charge in [-0.05, 0) is 75.7 Å². The molecule has 0 unspecified atom stereocenters. The first kappa shape index (κ1) is 29.6. The number of benzene rings is 2. The summed E-state index contributed by atoms with van der Waals surface area (Å²) in [5.41, 5.74) is 2.38. The van der Waals surface area contributed by atoms with Gasteiger partial charge in [-0.3, -0.25) is 9.59 Å². The third-order valence-corrected chi connectivity index (χ3v) is 5.47. The minimum Gasteiger partial charge on any atom is -0.492 e. The normalized spacial score (nSPS) is 11.4. The van der Waals surface area contributed by atoms with Crippen LogP contribution in [0.4, 0.5) is 11.6 Å². The lowest BCUT2D eigenvalue weighted by Gasteiger charge is -2.19. The van der Waals surface area contributed by atoms with Crippen molar-refractivity contribution in [2.45, 2.75) is 40.2 Å². The maximum Gasteiger partial charge on any atom is 0.325 e. The molecule has 0 saturated carbocycles. The van der Waals surface area contributed by atoms with Crippen molar-refractivity contribution in [3.8, 4) is 16.9 Å². The Morgan fingerprint density at radius 2 is 1.59 bits per heavy atom. The number of likely N-dealkylation sites (N-methyl/N-ethyl adjacent to an activating group) is 1. The predicted octanol–water partition coefficient (Wildman–Crippen LogP) is 4.93. The lowest BCUT2D eigenvalue weighted by molar-refractivity contribution is -0.153. The molecule has 0 atom stereocenters. The quantitative estimate of drug-likeness (QED) is 0.316. The molecule has 39 heavy (non-hydrogen) atoms. The van der Waals surface area contributed by atoms with Gasteiger partial charge >= 0.3 is 5.97 Å². The highest BCUT2D eigenvalue weighted by molar-refractivity contribution is 5.96. The lowest BCUT2D eigenvalue weighted by atomic mass is 10.1. The van der Waals surface area contributed by atoms with E-state index in [0.29, 0.717) is 24.0 Å². The van der Waals surface area contributed by atoms with Crippen molar-refractivity contribution in [2.75, 3.05) is 38.6 Å². The zero-order valence-electron chi connectivity index (χ0n) is 23.7. The second kappa shape index (κ2) is 13.7. The van der Waals surface area contributed by atoms with Crippen LogP contribution in [0, 0.1) is 5.92 Å². The first-order valence-electron chi connectivity index (χ1n) is 13.1. The van der Waals surface area contributed by atoms with Crippen molar-refractivity contribution in [1.82, 2.24) is 20.2 Å². The molecule has 0 aliphatic carbocycles. The van der Waals surface area contributed by atoms with Crippen LogP contribution in [0.2, 0.25) is 0 Å². The van der Waals surface area contributed by atoms with E-state index < -0.39 is 11.6 Å². The second-order valence-electron chi connectivity index (χ2n) is 10.8. The van der Waals surface area contributed by atoms with Crippen LogP contribution in [-0.4, -0.2) is 65.6 Å². The lowest BCUT2D eigenvalue weighted by Crippen LogP contribution is -2.34. The molecule has 0 aliphatic rings. The molecule has 1 aromatic heterocycles. The van der Waals surface area contributed by atoms with E-state index in [1.54, 1.807) is 45.3 Å². The van der Waals surface area contributed by atoms with E-state index in [-0.39, 0.29) is 12.5 Å². The van der Waals surface area contributed by atoms with Crippen molar-refractivity contribution in [3.05, 3.63) is 66.5 Å². The highest BCUT2D eigenvalue weighted by Gasteiger charge is 2.17. The van der Waals surface area contributed by atoms with Crippen LogP contribution in [0.5, 0.6) is 5.75 Å². The number of carbonyl (C=O) groups is 2. The number of hydrogen-bond donors (Lipinski definition) is 2. The Balaban J connectivity index is 1.48. The highest BCUT2D eigenvalue weighted by atomic mass is 16.6. The van der Waals surface area contributed by atoms with Crippen molar-refractivity contribution in [3.63, 3.8) is 0 Å². The topological polar surface area (TPSA) is 106 Å². The molecule has 0 saturated heterocycles. The average molecular weight is 534 g/mol. The maximum absolute atomic E-state index is 12.4. The molecule has 0 bridgehead atoms. The van der Waals surface area contributed by atoms with Crippen molar-refractivity contribution in [1.29, 1.82) is 0 Å². The van der Waals surface area contributed by atoms with Crippen LogP contribution in [-0.2, 0) is 9.53 Å². The number of amides is 1. The van der Waals surface area contributed by atoms with Gasteiger partial charge in [-0.25, -0.2) is 9.97 Å². The summed E-state index contributed by atoms with van der Waals surface area (Å²) in [6.45, 7) is 12.1. The van der Waals surface area contributed by atoms with E-state index in [4.69, 9.17) is 9.47 Å². The van der Waals surface area contributed by atoms with Crippen molar-refractivity contribution < 1.29 is 19.1 Å². The number of ether oxygens (including phenoxy) is 2. The molecule has 0 aliphatic heterocycles. The highest BCUT2D eigenvalue weighted by Crippen LogP contribution is 2.21. The van der Waals surface area contributed by atoms with E-state index in [9.17, 15) is 9.59 Å².